The van der Waals surface area contributed by atoms with Gasteiger partial charge in [0.05, 0.1) is 0 Å². The Kier molecular flexibility index (Phi) is 4.78. The number of carbonyl (C=O) groups excluding carboxylic acids is 1. The highest BCUT2D eigenvalue weighted by molar-refractivity contribution is 9.10. The fraction of sp³-hybridized carbons (Fsp3) is 0.188. The van der Waals surface area contributed by atoms with Gasteiger partial charge in [-0.2, -0.15) is 0 Å². The molecule has 0 unspecified atom stereocenters. The Morgan fingerprint density at radius 1 is 1.35 bits per heavy atom. The van der Waals surface area contributed by atoms with Crippen LogP contribution < -0.4 is 0 Å². The molecule has 0 aliphatic heterocycles. The monoisotopic (exact) mass is 350 g/mol. The topological polar surface area (TPSA) is 37.3 Å². The predicted molar refractivity (Wildman–Crippen MR) is 87.5 cm³/mol. The third-order valence-corrected chi connectivity index (χ3v) is 4.60. The molecule has 4 heteroatoms. The van der Waals surface area contributed by atoms with E-state index >= 15 is 0 Å². The fourth-order valence-electron chi connectivity index (χ4n) is 2.11. The second-order valence-electron chi connectivity index (χ2n) is 4.15. The number of halogens is 1. The summed E-state index contributed by atoms with van der Waals surface area (Å²) >= 11 is 4.98. The van der Waals surface area contributed by atoms with E-state index in [1.54, 1.807) is 29.5 Å². The lowest BCUT2D eigenvalue weighted by Crippen LogP contribution is -1.94. The summed E-state index contributed by atoms with van der Waals surface area (Å²) in [5.74, 6) is 0.224. The van der Waals surface area contributed by atoms with Gasteiger partial charge < -0.3 is 5.11 Å². The lowest BCUT2D eigenvalue weighted by Gasteiger charge is -1.97. The highest BCUT2D eigenvalue weighted by Crippen LogP contribution is 2.34. The number of rotatable bonds is 1. The molecule has 3 rings (SSSR count). The second-order valence-corrected chi connectivity index (χ2v) is 6.00. The van der Waals surface area contributed by atoms with E-state index in [4.69, 9.17) is 0 Å². The van der Waals surface area contributed by atoms with Crippen molar-refractivity contribution in [2.45, 2.75) is 20.3 Å². The summed E-state index contributed by atoms with van der Waals surface area (Å²) in [5, 5.41) is 11.7. The third kappa shape index (κ3) is 2.86. The number of fused-ring (bicyclic) bond motifs is 1. The average Bonchev–Trinajstić information content (AvgIpc) is 3.00. The first kappa shape index (κ1) is 15.0. The van der Waals surface area contributed by atoms with E-state index in [1.165, 1.54) is 0 Å². The molecular formula is C16H15BrO2S. The molecule has 0 bridgehead atoms. The van der Waals surface area contributed by atoms with Crippen molar-refractivity contribution in [1.29, 1.82) is 0 Å². The maximum absolute atomic E-state index is 12.2. The van der Waals surface area contributed by atoms with Crippen LogP contribution in [0.4, 0.5) is 0 Å². The molecule has 1 aliphatic rings. The largest absolute Gasteiger partial charge is 0.508 e. The van der Waals surface area contributed by atoms with Gasteiger partial charge >= 0.3 is 0 Å². The summed E-state index contributed by atoms with van der Waals surface area (Å²) in [6, 6.07) is 7.07. The van der Waals surface area contributed by atoms with Crippen molar-refractivity contribution in [3.63, 3.8) is 0 Å². The SMILES string of the molecule is CC.O=C1/C(=C/c2cc(Br)cs2)Cc2c(O)cccc21. The van der Waals surface area contributed by atoms with E-state index in [9.17, 15) is 9.90 Å². The predicted octanol–water partition coefficient (Wildman–Crippen LogP) is 5.06. The van der Waals surface area contributed by atoms with E-state index in [-0.39, 0.29) is 11.5 Å². The maximum Gasteiger partial charge on any atom is 0.189 e. The number of carbonyl (C=O) groups is 1. The number of benzene rings is 1. The molecule has 0 atom stereocenters. The van der Waals surface area contributed by atoms with Gasteiger partial charge in [0.25, 0.3) is 0 Å². The normalized spacial score (nSPS) is 14.9. The number of Topliss-reactive ketones (excluding diaryl/α,β-unsaturated/α-hetero) is 1. The number of hydrogen-bond donors (Lipinski definition) is 1. The zero-order valence-corrected chi connectivity index (χ0v) is 13.7. The Balaban J connectivity index is 0.000000704. The number of thiophene rings is 1. The zero-order valence-electron chi connectivity index (χ0n) is 11.3. The van der Waals surface area contributed by atoms with Gasteiger partial charge in [-0.25, -0.2) is 0 Å². The van der Waals surface area contributed by atoms with Crippen LogP contribution >= 0.6 is 27.3 Å². The summed E-state index contributed by atoms with van der Waals surface area (Å²) in [5.41, 5.74) is 2.10. The summed E-state index contributed by atoms with van der Waals surface area (Å²) in [7, 11) is 0. The van der Waals surface area contributed by atoms with Gasteiger partial charge in [0.1, 0.15) is 5.75 Å². The first-order chi connectivity index (χ1) is 9.65. The molecule has 1 aliphatic carbocycles. The molecular weight excluding hydrogens is 336 g/mol. The minimum atomic E-state index is 0.0189. The maximum atomic E-state index is 12.2. The molecule has 0 radical (unpaired) electrons. The average molecular weight is 351 g/mol. The van der Waals surface area contributed by atoms with Crippen LogP contribution in [-0.2, 0) is 6.42 Å². The van der Waals surface area contributed by atoms with Crippen molar-refractivity contribution >= 4 is 39.1 Å². The summed E-state index contributed by atoms with van der Waals surface area (Å²) in [6.07, 6.45) is 2.41. The second kappa shape index (κ2) is 6.37. The van der Waals surface area contributed by atoms with Gasteiger partial charge in [-0.15, -0.1) is 11.3 Å². The van der Waals surface area contributed by atoms with Crippen LogP contribution in [0.2, 0.25) is 0 Å². The molecule has 0 amide bonds. The van der Waals surface area contributed by atoms with Crippen molar-refractivity contribution in [2.24, 2.45) is 0 Å². The number of phenols is 1. The molecule has 20 heavy (non-hydrogen) atoms. The summed E-state index contributed by atoms with van der Waals surface area (Å²) < 4.78 is 1.02. The Bertz CT molecular complexity index is 671. The third-order valence-electron chi connectivity index (χ3n) is 2.96. The molecule has 1 heterocycles. The molecule has 0 spiro atoms. The van der Waals surface area contributed by atoms with Crippen LogP contribution in [0.15, 0.2) is 39.7 Å². The van der Waals surface area contributed by atoms with Crippen molar-refractivity contribution < 1.29 is 9.90 Å². The van der Waals surface area contributed by atoms with Crippen molar-refractivity contribution in [3.05, 3.63) is 55.7 Å². The Hall–Kier alpha value is -1.39. The molecule has 0 fully saturated rings. The molecule has 104 valence electrons. The summed E-state index contributed by atoms with van der Waals surface area (Å²) in [6.45, 7) is 4.00. The van der Waals surface area contributed by atoms with Gasteiger partial charge in [-0.1, -0.05) is 26.0 Å². The lowest BCUT2D eigenvalue weighted by atomic mass is 10.1. The first-order valence-corrected chi connectivity index (χ1v) is 8.12. The minimum absolute atomic E-state index is 0.0189. The van der Waals surface area contributed by atoms with Crippen LogP contribution in [0.3, 0.4) is 0 Å². The van der Waals surface area contributed by atoms with E-state index in [2.05, 4.69) is 15.9 Å². The highest BCUT2D eigenvalue weighted by Gasteiger charge is 2.26. The quantitative estimate of drug-likeness (QED) is 0.729. The number of allylic oxidation sites excluding steroid dienone is 1. The first-order valence-electron chi connectivity index (χ1n) is 6.45. The Morgan fingerprint density at radius 3 is 2.70 bits per heavy atom. The van der Waals surface area contributed by atoms with Crippen molar-refractivity contribution in [2.75, 3.05) is 0 Å². The van der Waals surface area contributed by atoms with Crippen LogP contribution in [0, 0.1) is 0 Å². The van der Waals surface area contributed by atoms with E-state index in [0.29, 0.717) is 12.0 Å². The van der Waals surface area contributed by atoms with E-state index < -0.39 is 0 Å². The molecule has 2 nitrogen and oxygen atoms in total. The highest BCUT2D eigenvalue weighted by atomic mass is 79.9. The van der Waals surface area contributed by atoms with Gasteiger partial charge in [0.2, 0.25) is 0 Å². The zero-order chi connectivity index (χ0) is 14.7. The van der Waals surface area contributed by atoms with Gasteiger partial charge in [-0.05, 0) is 34.1 Å². The fourth-order valence-corrected chi connectivity index (χ4v) is 3.51. The van der Waals surface area contributed by atoms with Crippen LogP contribution in [0.1, 0.15) is 34.6 Å². The van der Waals surface area contributed by atoms with Crippen molar-refractivity contribution in [3.8, 4) is 5.75 Å². The van der Waals surface area contributed by atoms with E-state index in [0.717, 1.165) is 20.5 Å². The van der Waals surface area contributed by atoms with E-state index in [1.807, 2.05) is 31.4 Å². The van der Waals surface area contributed by atoms with Crippen LogP contribution in [-0.4, -0.2) is 10.9 Å². The molecule has 0 saturated carbocycles. The smallest absolute Gasteiger partial charge is 0.189 e. The van der Waals surface area contributed by atoms with Crippen LogP contribution in [0.5, 0.6) is 5.75 Å². The van der Waals surface area contributed by atoms with Crippen LogP contribution in [0.25, 0.3) is 6.08 Å². The Labute approximate surface area is 130 Å². The van der Waals surface area contributed by atoms with Crippen molar-refractivity contribution in [1.82, 2.24) is 0 Å². The number of hydrogen-bond acceptors (Lipinski definition) is 3. The summed E-state index contributed by atoms with van der Waals surface area (Å²) in [4.78, 5) is 13.2. The standard InChI is InChI=1S/C14H9BrO2S.C2H6/c15-9-6-10(18-7-9)4-8-5-12-11(14(8)17)2-1-3-13(12)16;1-2/h1-4,6-7,16H,5H2;1-2H3/b8-4+;. The van der Waals surface area contributed by atoms with Gasteiger partial charge in [-0.3, -0.25) is 4.79 Å². The molecule has 1 N–H and O–H groups in total. The van der Waals surface area contributed by atoms with Gasteiger partial charge in [0, 0.05) is 37.9 Å². The number of aromatic hydroxyl groups is 1. The molecule has 2 aromatic rings. The minimum Gasteiger partial charge on any atom is -0.508 e. The molecule has 1 aromatic carbocycles. The molecule has 0 saturated heterocycles. The number of ketones is 1. The molecule has 1 aromatic heterocycles. The number of phenolic OH excluding ortho intramolecular Hbond substituents is 1. The Morgan fingerprint density at radius 2 is 2.10 bits per heavy atom. The lowest BCUT2D eigenvalue weighted by molar-refractivity contribution is 0.104. The van der Waals surface area contributed by atoms with Gasteiger partial charge in [0.15, 0.2) is 5.78 Å².